The van der Waals surface area contributed by atoms with Gasteiger partial charge < -0.3 is 5.11 Å². The Balaban J connectivity index is 0.000000204. The molecule has 0 bridgehead atoms. The zero-order valence-corrected chi connectivity index (χ0v) is 27.3. The van der Waals surface area contributed by atoms with Crippen molar-refractivity contribution in [3.8, 4) is 11.6 Å². The number of imide groups is 1. The Morgan fingerprint density at radius 1 is 0.818 bits per heavy atom. The van der Waals surface area contributed by atoms with E-state index in [0.717, 1.165) is 4.90 Å². The summed E-state index contributed by atoms with van der Waals surface area (Å²) in [5.74, 6) is -3.09. The van der Waals surface area contributed by atoms with Crippen LogP contribution in [0.25, 0.3) is 11.6 Å². The summed E-state index contributed by atoms with van der Waals surface area (Å²) >= 11 is 24.4. The number of Topliss-reactive ketones (excluding diaryl/α,β-unsaturated/α-hetero) is 1. The van der Waals surface area contributed by atoms with Gasteiger partial charge in [0.2, 0.25) is 0 Å². The van der Waals surface area contributed by atoms with Crippen LogP contribution in [-0.2, 0) is 4.79 Å². The van der Waals surface area contributed by atoms with E-state index < -0.39 is 23.6 Å². The van der Waals surface area contributed by atoms with E-state index in [1.807, 2.05) is 0 Å². The highest BCUT2D eigenvalue weighted by Gasteiger charge is 2.42. The van der Waals surface area contributed by atoms with Gasteiger partial charge in [0.25, 0.3) is 11.7 Å². The van der Waals surface area contributed by atoms with Gasteiger partial charge in [-0.2, -0.15) is 10.2 Å². The van der Waals surface area contributed by atoms with Gasteiger partial charge in [-0.1, -0.05) is 34.8 Å². The zero-order chi connectivity index (χ0) is 31.9. The number of carboxylic acid groups (broad SMARTS) is 1. The molecule has 1 aromatic carbocycles. The topological polar surface area (TPSA) is 153 Å². The minimum absolute atomic E-state index is 0.00697. The summed E-state index contributed by atoms with van der Waals surface area (Å²) in [6.45, 7) is 1.67. The maximum absolute atomic E-state index is 13.3. The zero-order valence-electron chi connectivity index (χ0n) is 21.9. The second-order valence-corrected chi connectivity index (χ2v) is 11.7. The van der Waals surface area contributed by atoms with Gasteiger partial charge in [0.15, 0.2) is 17.3 Å². The van der Waals surface area contributed by atoms with Gasteiger partial charge in [-0.25, -0.2) is 29.0 Å². The van der Waals surface area contributed by atoms with Crippen molar-refractivity contribution < 1.29 is 24.3 Å². The summed E-state index contributed by atoms with van der Waals surface area (Å²) in [6, 6.07) is 12.3. The standard InChI is InChI=1S/C18H9BrCl2N4O3.C9H5BrClN3O2/c1-8-5-9(20)6-10-14(8)24(18(28)15(10)26)17(27)12-7-13(19)23-25(12)16-11(21)3-2-4-22-16;10-7-4-6(9(15)16)14(13-7)8-5(11)2-1-3-12-8/h2-7H,1H3;1-4H,(H,15,16). The average molecular weight is 783 g/mol. The molecule has 0 fully saturated rings. The smallest absolute Gasteiger partial charge is 0.354 e. The first-order chi connectivity index (χ1) is 20.9. The van der Waals surface area contributed by atoms with Crippen LogP contribution in [0, 0.1) is 6.92 Å². The highest BCUT2D eigenvalue weighted by molar-refractivity contribution is 9.10. The Hall–Kier alpha value is -3.95. The van der Waals surface area contributed by atoms with E-state index in [2.05, 4.69) is 52.0 Å². The second-order valence-electron chi connectivity index (χ2n) is 8.84. The number of amides is 2. The summed E-state index contributed by atoms with van der Waals surface area (Å²) in [6.07, 6.45) is 3.01. The molecule has 0 atom stereocenters. The van der Waals surface area contributed by atoms with Crippen LogP contribution in [0.1, 0.15) is 36.9 Å². The highest BCUT2D eigenvalue weighted by atomic mass is 79.9. The lowest BCUT2D eigenvalue weighted by Gasteiger charge is -2.17. The van der Waals surface area contributed by atoms with Gasteiger partial charge in [0.05, 0.1) is 21.3 Å². The summed E-state index contributed by atoms with van der Waals surface area (Å²) in [4.78, 5) is 58.2. The molecule has 0 unspecified atom stereocenters. The van der Waals surface area contributed by atoms with Crippen LogP contribution in [-0.4, -0.2) is 58.2 Å². The molecule has 2 amide bonds. The number of hydrogen-bond donors (Lipinski definition) is 1. The summed E-state index contributed by atoms with van der Waals surface area (Å²) in [7, 11) is 0. The molecule has 4 aromatic heterocycles. The number of carboxylic acids is 1. The largest absolute Gasteiger partial charge is 0.477 e. The molecular formula is C27H14Br2Cl3N7O5. The molecule has 12 nitrogen and oxygen atoms in total. The van der Waals surface area contributed by atoms with Crippen LogP contribution in [0.15, 0.2) is 70.1 Å². The average Bonchev–Trinajstić information content (AvgIpc) is 3.63. The molecule has 1 aliphatic heterocycles. The van der Waals surface area contributed by atoms with Gasteiger partial charge in [0.1, 0.15) is 14.9 Å². The summed E-state index contributed by atoms with van der Waals surface area (Å²) in [5, 5.41) is 18.0. The highest BCUT2D eigenvalue weighted by Crippen LogP contribution is 2.36. The van der Waals surface area contributed by atoms with Crippen molar-refractivity contribution in [3.05, 3.63) is 108 Å². The minimum Gasteiger partial charge on any atom is -0.477 e. The van der Waals surface area contributed by atoms with Crippen molar-refractivity contribution >= 4 is 95.9 Å². The number of pyridine rings is 2. The first kappa shape index (κ1) is 31.5. The van der Waals surface area contributed by atoms with Crippen molar-refractivity contribution in [2.45, 2.75) is 6.92 Å². The Kier molecular flexibility index (Phi) is 9.00. The maximum Gasteiger partial charge on any atom is 0.354 e. The molecule has 5 heterocycles. The Bertz CT molecular complexity index is 2010. The fourth-order valence-corrected chi connectivity index (χ4v) is 5.66. The number of carbonyl (C=O) groups excluding carboxylic acids is 3. The molecule has 5 aromatic rings. The van der Waals surface area contributed by atoms with Gasteiger partial charge in [0, 0.05) is 29.5 Å². The fraction of sp³-hybridized carbons (Fsp3) is 0.0370. The van der Waals surface area contributed by atoms with Gasteiger partial charge in [-0.15, -0.1) is 0 Å². The maximum atomic E-state index is 13.3. The SMILES string of the molecule is Cc1cc(Cl)cc2c1N(C(=O)c1cc(Br)nn1-c1ncccc1Cl)C(=O)C2=O.O=C(O)c1cc(Br)nn1-c1ncccc1Cl. The first-order valence-electron chi connectivity index (χ1n) is 12.1. The Morgan fingerprint density at radius 3 is 1.86 bits per heavy atom. The normalized spacial score (nSPS) is 12.2. The van der Waals surface area contributed by atoms with Gasteiger partial charge in [-0.3, -0.25) is 14.4 Å². The molecule has 222 valence electrons. The van der Waals surface area contributed by atoms with Crippen LogP contribution >= 0.6 is 66.7 Å². The second kappa shape index (κ2) is 12.6. The number of ketones is 1. The number of nitrogens with zero attached hydrogens (tertiary/aromatic N) is 7. The van der Waals surface area contributed by atoms with E-state index in [0.29, 0.717) is 24.8 Å². The number of carbonyl (C=O) groups is 4. The number of aromatic nitrogens is 6. The first-order valence-corrected chi connectivity index (χ1v) is 14.8. The summed E-state index contributed by atoms with van der Waals surface area (Å²) < 4.78 is 3.14. The molecule has 0 radical (unpaired) electrons. The van der Waals surface area contributed by atoms with Crippen LogP contribution in [0.2, 0.25) is 15.1 Å². The van der Waals surface area contributed by atoms with Crippen molar-refractivity contribution in [3.63, 3.8) is 0 Å². The molecule has 1 aliphatic rings. The predicted molar refractivity (Wildman–Crippen MR) is 167 cm³/mol. The number of anilines is 1. The number of hydrogen-bond acceptors (Lipinski definition) is 8. The molecule has 1 N–H and O–H groups in total. The molecular weight excluding hydrogens is 769 g/mol. The number of aryl methyl sites for hydroxylation is 1. The van der Waals surface area contributed by atoms with E-state index in [4.69, 9.17) is 39.9 Å². The van der Waals surface area contributed by atoms with E-state index in [-0.39, 0.29) is 39.3 Å². The number of benzene rings is 1. The van der Waals surface area contributed by atoms with Crippen LogP contribution in [0.5, 0.6) is 0 Å². The lowest BCUT2D eigenvalue weighted by molar-refractivity contribution is -0.113. The number of halogens is 5. The summed E-state index contributed by atoms with van der Waals surface area (Å²) in [5.41, 5.74) is 0.823. The van der Waals surface area contributed by atoms with Gasteiger partial charge in [-0.05, 0) is 80.7 Å². The molecule has 0 saturated carbocycles. The van der Waals surface area contributed by atoms with Crippen LogP contribution < -0.4 is 4.90 Å². The third-order valence-corrected chi connectivity index (χ3v) is 7.59. The van der Waals surface area contributed by atoms with Gasteiger partial charge >= 0.3 is 11.9 Å². The number of fused-ring (bicyclic) bond motifs is 1. The predicted octanol–water partition coefficient (Wildman–Crippen LogP) is 6.40. The molecule has 0 spiro atoms. The number of aromatic carboxylic acids is 1. The van der Waals surface area contributed by atoms with E-state index in [1.165, 1.54) is 40.0 Å². The fourth-order valence-electron chi connectivity index (χ4n) is 4.23. The van der Waals surface area contributed by atoms with E-state index in [1.54, 1.807) is 37.3 Å². The Morgan fingerprint density at radius 2 is 1.34 bits per heavy atom. The van der Waals surface area contributed by atoms with Crippen molar-refractivity contribution in [2.24, 2.45) is 0 Å². The Labute approximate surface area is 279 Å². The molecule has 6 rings (SSSR count). The van der Waals surface area contributed by atoms with Crippen molar-refractivity contribution in [1.82, 2.24) is 29.5 Å². The molecule has 17 heteroatoms. The third-order valence-electron chi connectivity index (χ3n) is 6.01. The lowest BCUT2D eigenvalue weighted by Crippen LogP contribution is -2.37. The lowest BCUT2D eigenvalue weighted by atomic mass is 10.1. The molecule has 44 heavy (non-hydrogen) atoms. The quantitative estimate of drug-likeness (QED) is 0.161. The monoisotopic (exact) mass is 779 g/mol. The van der Waals surface area contributed by atoms with Crippen molar-refractivity contribution in [2.75, 3.05) is 4.90 Å². The van der Waals surface area contributed by atoms with Crippen molar-refractivity contribution in [1.29, 1.82) is 0 Å². The molecule has 0 saturated heterocycles. The van der Waals surface area contributed by atoms with Crippen LogP contribution in [0.3, 0.4) is 0 Å². The third kappa shape index (κ3) is 5.90. The van der Waals surface area contributed by atoms with E-state index >= 15 is 0 Å². The minimum atomic E-state index is -1.10. The molecule has 0 aliphatic carbocycles. The van der Waals surface area contributed by atoms with Crippen LogP contribution in [0.4, 0.5) is 5.69 Å². The number of rotatable bonds is 4. The van der Waals surface area contributed by atoms with E-state index in [9.17, 15) is 19.2 Å².